The van der Waals surface area contributed by atoms with Gasteiger partial charge in [-0.2, -0.15) is 0 Å². The second-order valence-electron chi connectivity index (χ2n) is 14.2. The molecule has 0 bridgehead atoms. The molecule has 4 heterocycles. The van der Waals surface area contributed by atoms with Gasteiger partial charge in [0.05, 0.1) is 39.1 Å². The minimum atomic E-state index is -2.07. The predicted molar refractivity (Wildman–Crippen MR) is 179 cm³/mol. The summed E-state index contributed by atoms with van der Waals surface area (Å²) in [4.78, 5) is 12.3. The molecule has 4 aliphatic rings. The topological polar surface area (TPSA) is 427 Å². The Morgan fingerprint density at radius 1 is 0.569 bits per heavy atom. The van der Waals surface area contributed by atoms with E-state index in [1.54, 1.807) is 0 Å². The van der Waals surface area contributed by atoms with Crippen LogP contribution < -0.4 is 5.32 Å². The van der Waals surface area contributed by atoms with Gasteiger partial charge in [-0.1, -0.05) is 0 Å². The molecule has 22 atom stereocenters. The maximum absolute atomic E-state index is 12.3. The van der Waals surface area contributed by atoms with E-state index in [0.717, 1.165) is 6.92 Å². The standard InChI is InChI=1S/C32H55NO25/c1-8-16(41)22(47)24(49)30(52-8)58-28-27(57-31-25(50)23(48)19(44)12(4-35)53-31)20(45)13(5-36)54-32(28)56-26-14(6-37)55-29(15(21(26)46)33-9(2)38)51-7-11(40)18(43)17(42)10(39)3-34/h8,10-16,19-32,34-37,39-50H,3-7H2,1-2H3,(H,33,38)/t8-,10?,11?,12+,13+,14+,15+,16+,19-,20-,21+,22+,23-,24-,25+,26+,27-,28+,29?,30-,31+,32-/m0/s1. The average molecular weight is 854 g/mol. The Morgan fingerprint density at radius 3 is 1.62 bits per heavy atom. The molecule has 0 aromatic heterocycles. The number of ether oxygens (including phenoxy) is 8. The van der Waals surface area contributed by atoms with Gasteiger partial charge in [0, 0.05) is 6.92 Å². The van der Waals surface area contributed by atoms with E-state index in [2.05, 4.69) is 5.32 Å². The average Bonchev–Trinajstić information content (AvgIpc) is 3.20. The van der Waals surface area contributed by atoms with Gasteiger partial charge < -0.3 is 125 Å². The molecular weight excluding hydrogens is 798 g/mol. The quantitative estimate of drug-likeness (QED) is 0.0641. The number of nitrogens with one attached hydrogen (secondary N) is 1. The molecule has 0 saturated carbocycles. The molecule has 0 aliphatic carbocycles. The number of amides is 1. The Kier molecular flexibility index (Phi) is 17.7. The van der Waals surface area contributed by atoms with E-state index in [9.17, 15) is 81.4 Å². The number of carbonyl (C=O) groups excluding carboxylic acids is 1. The van der Waals surface area contributed by atoms with Crippen molar-refractivity contribution in [2.24, 2.45) is 0 Å². The smallest absolute Gasteiger partial charge is 0.217 e. The van der Waals surface area contributed by atoms with Crippen LogP contribution in [0.5, 0.6) is 0 Å². The highest BCUT2D eigenvalue weighted by molar-refractivity contribution is 5.73. The first kappa shape index (κ1) is 48.6. The molecule has 26 heteroatoms. The molecule has 26 nitrogen and oxygen atoms in total. The fourth-order valence-corrected chi connectivity index (χ4v) is 6.68. The van der Waals surface area contributed by atoms with Gasteiger partial charge in [-0.25, -0.2) is 0 Å². The molecule has 4 fully saturated rings. The molecular formula is C32H55NO25. The molecule has 4 saturated heterocycles. The first-order valence-corrected chi connectivity index (χ1v) is 18.1. The van der Waals surface area contributed by atoms with Crippen molar-refractivity contribution in [2.45, 2.75) is 149 Å². The summed E-state index contributed by atoms with van der Waals surface area (Å²) in [5.74, 6) is -3.20. The van der Waals surface area contributed by atoms with Gasteiger partial charge in [0.1, 0.15) is 104 Å². The molecule has 4 rings (SSSR count). The van der Waals surface area contributed by atoms with E-state index in [1.807, 2.05) is 0 Å². The van der Waals surface area contributed by atoms with Crippen LogP contribution in [0.4, 0.5) is 0 Å². The zero-order valence-corrected chi connectivity index (χ0v) is 31.1. The third-order valence-corrected chi connectivity index (χ3v) is 10.0. The molecule has 338 valence electrons. The fraction of sp³-hybridized carbons (Fsp3) is 0.906. The molecule has 17 N–H and O–H groups in total. The van der Waals surface area contributed by atoms with Crippen LogP contribution in [0.2, 0.25) is 0 Å². The largest absolute Gasteiger partial charge is 0.506 e. The van der Waals surface area contributed by atoms with Crippen molar-refractivity contribution < 1.29 is 124 Å². The van der Waals surface area contributed by atoms with Gasteiger partial charge in [0.2, 0.25) is 5.91 Å². The Hall–Kier alpha value is -2.07. The fourth-order valence-electron chi connectivity index (χ4n) is 6.68. The van der Waals surface area contributed by atoms with Crippen LogP contribution in [0.15, 0.2) is 11.5 Å². The third kappa shape index (κ3) is 10.7. The lowest BCUT2D eigenvalue weighted by Gasteiger charge is -2.50. The summed E-state index contributed by atoms with van der Waals surface area (Å²) in [5, 5.41) is 167. The van der Waals surface area contributed by atoms with E-state index in [-0.39, 0.29) is 0 Å². The lowest BCUT2D eigenvalue weighted by molar-refractivity contribution is -0.402. The number of hydrogen-bond acceptors (Lipinski definition) is 25. The summed E-state index contributed by atoms with van der Waals surface area (Å²) in [7, 11) is 0. The second-order valence-corrected chi connectivity index (χ2v) is 14.2. The molecule has 4 aliphatic heterocycles. The first-order valence-electron chi connectivity index (χ1n) is 18.1. The summed E-state index contributed by atoms with van der Waals surface area (Å²) >= 11 is 0. The van der Waals surface area contributed by atoms with Crippen LogP contribution in [0.25, 0.3) is 0 Å². The van der Waals surface area contributed by atoms with Crippen LogP contribution in [0.1, 0.15) is 13.8 Å². The highest BCUT2D eigenvalue weighted by Gasteiger charge is 2.56. The van der Waals surface area contributed by atoms with Gasteiger partial charge in [-0.15, -0.1) is 0 Å². The highest BCUT2D eigenvalue weighted by Crippen LogP contribution is 2.36. The van der Waals surface area contributed by atoms with Crippen molar-refractivity contribution in [3.8, 4) is 0 Å². The molecule has 0 spiro atoms. The number of carbonyl (C=O) groups is 1. The van der Waals surface area contributed by atoms with Gasteiger partial charge in [0.25, 0.3) is 0 Å². The molecule has 0 radical (unpaired) electrons. The van der Waals surface area contributed by atoms with Crippen molar-refractivity contribution in [3.63, 3.8) is 0 Å². The van der Waals surface area contributed by atoms with Gasteiger partial charge in [-0.05, 0) is 6.92 Å². The van der Waals surface area contributed by atoms with Crippen LogP contribution in [-0.4, -0.2) is 256 Å². The SMILES string of the molecule is CC(=O)N[C@H]1C(OCC(O)C(O)=C(O)C(O)CO)O[C@H](CO)[C@@H](O[C@@H]2O[C@H](CO)[C@H](O)[C@H](O[C@H]3O[C@H](CO)[C@H](O)[C@H](O)[C@H]3O)[C@H]2O[C@@H]2O[C@@H](C)[C@@H](O)[C@@H](O)[C@@H]2O)[C@@H]1O. The summed E-state index contributed by atoms with van der Waals surface area (Å²) in [6.45, 7) is -2.51. The number of aliphatic hydroxyl groups is 16. The Bertz CT molecular complexity index is 1330. The predicted octanol–water partition coefficient (Wildman–Crippen LogP) is -9.51. The number of rotatable bonds is 16. The highest BCUT2D eigenvalue weighted by atomic mass is 16.8. The van der Waals surface area contributed by atoms with Crippen LogP contribution in [-0.2, 0) is 42.7 Å². The van der Waals surface area contributed by atoms with E-state index < -0.39 is 185 Å². The molecule has 0 aromatic rings. The lowest BCUT2D eigenvalue weighted by Crippen LogP contribution is -2.69. The molecule has 1 amide bonds. The number of hydrogen-bond donors (Lipinski definition) is 17. The van der Waals surface area contributed by atoms with Gasteiger partial charge >= 0.3 is 0 Å². The zero-order valence-electron chi connectivity index (χ0n) is 31.1. The van der Waals surface area contributed by atoms with Crippen LogP contribution in [0, 0.1) is 0 Å². The molecule has 58 heavy (non-hydrogen) atoms. The molecule has 0 aromatic carbocycles. The Labute approximate surface area is 329 Å². The normalized spacial score (nSPS) is 45.2. The zero-order chi connectivity index (χ0) is 43.3. The van der Waals surface area contributed by atoms with Gasteiger partial charge in [0.15, 0.2) is 36.7 Å². The van der Waals surface area contributed by atoms with Crippen molar-refractivity contribution in [1.82, 2.24) is 5.32 Å². The number of aliphatic hydroxyl groups excluding tert-OH is 16. The van der Waals surface area contributed by atoms with E-state index >= 15 is 0 Å². The monoisotopic (exact) mass is 853 g/mol. The van der Waals surface area contributed by atoms with Crippen molar-refractivity contribution >= 4 is 5.91 Å². The molecule has 3 unspecified atom stereocenters. The maximum Gasteiger partial charge on any atom is 0.217 e. The summed E-state index contributed by atoms with van der Waals surface area (Å²) in [6.07, 6.45) is -38.8. The van der Waals surface area contributed by atoms with E-state index in [0.29, 0.717) is 0 Å². The van der Waals surface area contributed by atoms with Crippen molar-refractivity contribution in [3.05, 3.63) is 11.5 Å². The van der Waals surface area contributed by atoms with Crippen molar-refractivity contribution in [2.75, 3.05) is 33.0 Å². The summed E-state index contributed by atoms with van der Waals surface area (Å²) < 4.78 is 45.8. The van der Waals surface area contributed by atoms with Crippen LogP contribution in [0.3, 0.4) is 0 Å². The van der Waals surface area contributed by atoms with E-state index in [4.69, 9.17) is 43.0 Å². The van der Waals surface area contributed by atoms with E-state index in [1.165, 1.54) is 6.92 Å². The Balaban J connectivity index is 1.69. The Morgan fingerprint density at radius 2 is 1.05 bits per heavy atom. The summed E-state index contributed by atoms with van der Waals surface area (Å²) in [5.41, 5.74) is 0. The van der Waals surface area contributed by atoms with Crippen molar-refractivity contribution in [1.29, 1.82) is 0 Å². The van der Waals surface area contributed by atoms with Gasteiger partial charge in [-0.3, -0.25) is 4.79 Å². The summed E-state index contributed by atoms with van der Waals surface area (Å²) in [6, 6.07) is -1.65. The minimum Gasteiger partial charge on any atom is -0.506 e. The minimum absolute atomic E-state index is 0.792. The lowest BCUT2D eigenvalue weighted by atomic mass is 9.94. The first-order chi connectivity index (χ1) is 27.3. The second kappa shape index (κ2) is 21.1. The van der Waals surface area contributed by atoms with Crippen LogP contribution >= 0.6 is 0 Å². The maximum atomic E-state index is 12.3. The third-order valence-electron chi connectivity index (χ3n) is 10.0.